The minimum Gasteiger partial charge on any atom is -0.384 e. The van der Waals surface area contributed by atoms with E-state index in [0.29, 0.717) is 0 Å². The summed E-state index contributed by atoms with van der Waals surface area (Å²) in [4.78, 5) is 2.38. The summed E-state index contributed by atoms with van der Waals surface area (Å²) >= 11 is 0. The lowest BCUT2D eigenvalue weighted by Crippen LogP contribution is -2.46. The third-order valence-electron chi connectivity index (χ3n) is 3.86. The van der Waals surface area contributed by atoms with Gasteiger partial charge in [-0.3, -0.25) is 4.90 Å². The third kappa shape index (κ3) is 2.13. The second-order valence-electron chi connectivity index (χ2n) is 4.93. The molecule has 2 atom stereocenters. The summed E-state index contributed by atoms with van der Waals surface area (Å²) in [6.45, 7) is 6.28. The summed E-state index contributed by atoms with van der Waals surface area (Å²) in [6, 6.07) is 10.2. The monoisotopic (exact) mass is 219 g/mol. The van der Waals surface area contributed by atoms with Crippen LogP contribution >= 0.6 is 0 Å². The first-order valence-electron chi connectivity index (χ1n) is 6.14. The van der Waals surface area contributed by atoms with Gasteiger partial charge in [0.05, 0.1) is 0 Å². The van der Waals surface area contributed by atoms with Crippen LogP contribution in [0.4, 0.5) is 0 Å². The topological polar surface area (TPSA) is 23.5 Å². The molecule has 0 aromatic heterocycles. The second kappa shape index (κ2) is 4.56. The van der Waals surface area contributed by atoms with Crippen molar-refractivity contribution in [3.63, 3.8) is 0 Å². The van der Waals surface area contributed by atoms with Crippen molar-refractivity contribution >= 4 is 0 Å². The fourth-order valence-corrected chi connectivity index (χ4v) is 2.50. The van der Waals surface area contributed by atoms with Gasteiger partial charge in [0, 0.05) is 6.04 Å². The molecule has 1 N–H and O–H groups in total. The molecule has 1 heterocycles. The molecule has 1 saturated heterocycles. The van der Waals surface area contributed by atoms with Gasteiger partial charge in [-0.15, -0.1) is 0 Å². The van der Waals surface area contributed by atoms with Crippen molar-refractivity contribution in [2.24, 2.45) is 0 Å². The lowest BCUT2D eigenvalue weighted by Gasteiger charge is -2.37. The number of nitrogens with zero attached hydrogens (tertiary/aromatic N) is 1. The lowest BCUT2D eigenvalue weighted by molar-refractivity contribution is -0.0236. The molecule has 0 spiro atoms. The van der Waals surface area contributed by atoms with Gasteiger partial charge >= 0.3 is 0 Å². The molecule has 1 aromatic carbocycles. The Bertz CT molecular complexity index is 328. The predicted molar refractivity (Wildman–Crippen MR) is 66.3 cm³/mol. The average Bonchev–Trinajstić information content (AvgIpc) is 2.82. The largest absolute Gasteiger partial charge is 0.384 e. The highest BCUT2D eigenvalue weighted by molar-refractivity contribution is 5.23. The molecular weight excluding hydrogens is 198 g/mol. The van der Waals surface area contributed by atoms with Gasteiger partial charge < -0.3 is 5.11 Å². The molecule has 1 fully saturated rings. The van der Waals surface area contributed by atoms with Crippen molar-refractivity contribution in [1.29, 1.82) is 0 Å². The Morgan fingerprint density at radius 2 is 1.75 bits per heavy atom. The zero-order valence-electron chi connectivity index (χ0n) is 10.2. The van der Waals surface area contributed by atoms with E-state index < -0.39 is 5.60 Å². The molecule has 0 amide bonds. The fraction of sp³-hybridized carbons (Fsp3) is 0.571. The zero-order valence-corrected chi connectivity index (χ0v) is 10.2. The van der Waals surface area contributed by atoms with E-state index in [4.69, 9.17) is 0 Å². The molecule has 0 aliphatic carbocycles. The van der Waals surface area contributed by atoms with Crippen LogP contribution in [-0.2, 0) is 5.60 Å². The van der Waals surface area contributed by atoms with Gasteiger partial charge in [0.2, 0.25) is 0 Å². The van der Waals surface area contributed by atoms with Crippen molar-refractivity contribution in [1.82, 2.24) is 4.90 Å². The van der Waals surface area contributed by atoms with E-state index in [1.807, 2.05) is 37.3 Å². The summed E-state index contributed by atoms with van der Waals surface area (Å²) in [7, 11) is 0. The molecule has 88 valence electrons. The van der Waals surface area contributed by atoms with Gasteiger partial charge in [-0.1, -0.05) is 30.3 Å². The highest BCUT2D eigenvalue weighted by Gasteiger charge is 2.35. The van der Waals surface area contributed by atoms with Crippen LogP contribution in [0.2, 0.25) is 0 Å². The molecule has 1 aliphatic rings. The van der Waals surface area contributed by atoms with Crippen molar-refractivity contribution in [2.45, 2.75) is 38.3 Å². The molecule has 0 radical (unpaired) electrons. The molecular formula is C14H21NO. The van der Waals surface area contributed by atoms with Crippen molar-refractivity contribution in [3.05, 3.63) is 35.9 Å². The van der Waals surface area contributed by atoms with Crippen LogP contribution in [0.5, 0.6) is 0 Å². The maximum absolute atomic E-state index is 10.7. The van der Waals surface area contributed by atoms with Gasteiger partial charge in [-0.05, 0) is 45.3 Å². The first kappa shape index (κ1) is 11.6. The number of aliphatic hydroxyl groups is 1. The Labute approximate surface area is 97.9 Å². The van der Waals surface area contributed by atoms with Gasteiger partial charge in [-0.25, -0.2) is 0 Å². The summed E-state index contributed by atoms with van der Waals surface area (Å²) in [5.74, 6) is 0. The summed E-state index contributed by atoms with van der Waals surface area (Å²) < 4.78 is 0. The van der Waals surface area contributed by atoms with Gasteiger partial charge in [0.25, 0.3) is 0 Å². The summed E-state index contributed by atoms with van der Waals surface area (Å²) in [5.41, 5.74) is 0.250. The Morgan fingerprint density at radius 3 is 2.31 bits per heavy atom. The SMILES string of the molecule is C[C@H](N1CCCC1)[C@](C)(O)c1ccccc1. The molecule has 0 bridgehead atoms. The van der Waals surface area contributed by atoms with E-state index in [1.165, 1.54) is 12.8 Å². The van der Waals surface area contributed by atoms with E-state index in [0.717, 1.165) is 18.7 Å². The zero-order chi connectivity index (χ0) is 11.6. The van der Waals surface area contributed by atoms with Crippen LogP contribution in [0.15, 0.2) is 30.3 Å². The maximum atomic E-state index is 10.7. The minimum atomic E-state index is -0.758. The quantitative estimate of drug-likeness (QED) is 0.843. The number of hydrogen-bond donors (Lipinski definition) is 1. The highest BCUT2D eigenvalue weighted by Crippen LogP contribution is 2.29. The Balaban J connectivity index is 2.17. The molecule has 0 saturated carbocycles. The van der Waals surface area contributed by atoms with E-state index in [-0.39, 0.29) is 6.04 Å². The Kier molecular flexibility index (Phi) is 3.31. The number of likely N-dealkylation sites (tertiary alicyclic amines) is 1. The number of benzene rings is 1. The molecule has 1 aromatic rings. The van der Waals surface area contributed by atoms with Crippen LogP contribution in [0.3, 0.4) is 0 Å². The lowest BCUT2D eigenvalue weighted by atomic mass is 9.88. The fourth-order valence-electron chi connectivity index (χ4n) is 2.50. The second-order valence-corrected chi connectivity index (χ2v) is 4.93. The van der Waals surface area contributed by atoms with Gasteiger partial charge in [0.1, 0.15) is 5.60 Å². The predicted octanol–water partition coefficient (Wildman–Crippen LogP) is 2.38. The Morgan fingerprint density at radius 1 is 1.19 bits per heavy atom. The van der Waals surface area contributed by atoms with Crippen LogP contribution < -0.4 is 0 Å². The van der Waals surface area contributed by atoms with Crippen molar-refractivity contribution < 1.29 is 5.11 Å². The maximum Gasteiger partial charge on any atom is 0.102 e. The Hall–Kier alpha value is -0.860. The molecule has 1 aliphatic heterocycles. The normalized spacial score (nSPS) is 22.9. The first-order valence-corrected chi connectivity index (χ1v) is 6.14. The molecule has 2 heteroatoms. The van der Waals surface area contributed by atoms with Crippen LogP contribution in [0.25, 0.3) is 0 Å². The van der Waals surface area contributed by atoms with Crippen LogP contribution in [0, 0.1) is 0 Å². The standard InChI is InChI=1S/C14H21NO/c1-12(15-10-6-7-11-15)14(2,16)13-8-4-3-5-9-13/h3-5,8-9,12,16H,6-7,10-11H2,1-2H3/t12-,14-/m0/s1. The van der Waals surface area contributed by atoms with Crippen LogP contribution in [0.1, 0.15) is 32.3 Å². The van der Waals surface area contributed by atoms with Gasteiger partial charge in [0.15, 0.2) is 0 Å². The number of hydrogen-bond acceptors (Lipinski definition) is 2. The van der Waals surface area contributed by atoms with E-state index in [9.17, 15) is 5.11 Å². The van der Waals surface area contributed by atoms with Crippen molar-refractivity contribution in [3.8, 4) is 0 Å². The first-order chi connectivity index (χ1) is 7.62. The van der Waals surface area contributed by atoms with E-state index in [1.54, 1.807) is 0 Å². The molecule has 16 heavy (non-hydrogen) atoms. The average molecular weight is 219 g/mol. The van der Waals surface area contributed by atoms with Crippen LogP contribution in [-0.4, -0.2) is 29.1 Å². The van der Waals surface area contributed by atoms with Gasteiger partial charge in [-0.2, -0.15) is 0 Å². The highest BCUT2D eigenvalue weighted by atomic mass is 16.3. The summed E-state index contributed by atoms with van der Waals surface area (Å²) in [5, 5.41) is 10.7. The summed E-state index contributed by atoms with van der Waals surface area (Å²) in [6.07, 6.45) is 2.52. The third-order valence-corrected chi connectivity index (χ3v) is 3.86. The molecule has 2 nitrogen and oxygen atoms in total. The molecule has 0 unspecified atom stereocenters. The molecule has 2 rings (SSSR count). The van der Waals surface area contributed by atoms with E-state index >= 15 is 0 Å². The minimum absolute atomic E-state index is 0.178. The van der Waals surface area contributed by atoms with E-state index in [2.05, 4.69) is 11.8 Å². The smallest absolute Gasteiger partial charge is 0.102 e. The van der Waals surface area contributed by atoms with Crippen molar-refractivity contribution in [2.75, 3.05) is 13.1 Å². The number of rotatable bonds is 3.